The number of amides is 2. The van der Waals surface area contributed by atoms with Crippen LogP contribution in [0, 0.1) is 0 Å². The summed E-state index contributed by atoms with van der Waals surface area (Å²) in [5.74, 6) is -0.569. The molecule has 0 aliphatic carbocycles. The van der Waals surface area contributed by atoms with Crippen molar-refractivity contribution in [1.29, 1.82) is 0 Å². The number of rotatable bonds is 3. The van der Waals surface area contributed by atoms with Gasteiger partial charge in [0, 0.05) is 40.4 Å². The summed E-state index contributed by atoms with van der Waals surface area (Å²) in [5.41, 5.74) is 4.22. The Morgan fingerprint density at radius 1 is 0.853 bits per heavy atom. The van der Waals surface area contributed by atoms with Crippen LogP contribution in [-0.2, 0) is 13.1 Å². The first-order valence-corrected chi connectivity index (χ1v) is 11.6. The number of hydrogen-bond acceptors (Lipinski definition) is 2. The molecule has 34 heavy (non-hydrogen) atoms. The Kier molecular flexibility index (Phi) is 6.09. The normalized spacial score (nSPS) is 12.5. The molecule has 1 aliphatic heterocycles. The van der Waals surface area contributed by atoms with Crippen LogP contribution in [0.2, 0.25) is 15.1 Å². The highest BCUT2D eigenvalue weighted by molar-refractivity contribution is 6.45. The van der Waals surface area contributed by atoms with Crippen molar-refractivity contribution in [1.82, 2.24) is 4.57 Å². The number of para-hydroxylation sites is 1. The number of nitrogens with zero attached hydrogens (tertiary/aromatic N) is 2. The fraction of sp³-hybridized carbons (Fsp3) is 0.0769. The van der Waals surface area contributed by atoms with Gasteiger partial charge < -0.3 is 14.8 Å². The molecule has 5 nitrogen and oxygen atoms in total. The second-order valence-corrected chi connectivity index (χ2v) is 9.15. The summed E-state index contributed by atoms with van der Waals surface area (Å²) in [6, 6.07) is 21.6. The summed E-state index contributed by atoms with van der Waals surface area (Å²) in [5, 5.41) is 3.40. The van der Waals surface area contributed by atoms with E-state index in [1.807, 2.05) is 42.6 Å². The Bertz CT molecular complexity index is 1410. The molecule has 2 heterocycles. The standard InChI is InChI=1S/C26H18Cl3N3O2/c27-18-12-21(24(29)22(28)13-18)25(33)30-19-9-7-16(8-10-19)26(34)32-15-20-5-3-11-31(20)14-17-4-1-2-6-23(17)32/h1-13H,14-15H2,(H,30,33). The van der Waals surface area contributed by atoms with Crippen molar-refractivity contribution >= 4 is 58.0 Å². The molecule has 4 aromatic rings. The lowest BCUT2D eigenvalue weighted by Gasteiger charge is -2.23. The Morgan fingerprint density at radius 2 is 1.62 bits per heavy atom. The van der Waals surface area contributed by atoms with E-state index in [1.165, 1.54) is 12.1 Å². The van der Waals surface area contributed by atoms with Crippen molar-refractivity contribution in [2.45, 2.75) is 13.1 Å². The first-order chi connectivity index (χ1) is 16.4. The molecule has 0 fully saturated rings. The molecule has 8 heteroatoms. The Balaban J connectivity index is 1.39. The van der Waals surface area contributed by atoms with Gasteiger partial charge in [-0.1, -0.05) is 53.0 Å². The number of halogens is 3. The number of aromatic nitrogens is 1. The Labute approximate surface area is 211 Å². The quantitative estimate of drug-likeness (QED) is 0.305. The van der Waals surface area contributed by atoms with Gasteiger partial charge in [-0.15, -0.1) is 0 Å². The zero-order valence-corrected chi connectivity index (χ0v) is 20.0. The van der Waals surface area contributed by atoms with E-state index in [-0.39, 0.29) is 21.5 Å². The largest absolute Gasteiger partial charge is 0.345 e. The number of carbonyl (C=O) groups is 2. The SMILES string of the molecule is O=C(Nc1ccc(C(=O)N2Cc3cccn3Cc3ccccc32)cc1)c1cc(Cl)cc(Cl)c1Cl. The minimum Gasteiger partial charge on any atom is -0.345 e. The van der Waals surface area contributed by atoms with E-state index in [9.17, 15) is 9.59 Å². The molecule has 0 unspecified atom stereocenters. The van der Waals surface area contributed by atoms with Crippen LogP contribution in [0.15, 0.2) is 79.0 Å². The van der Waals surface area contributed by atoms with Crippen molar-refractivity contribution in [3.8, 4) is 0 Å². The van der Waals surface area contributed by atoms with Crippen LogP contribution in [-0.4, -0.2) is 16.4 Å². The molecule has 0 atom stereocenters. The summed E-state index contributed by atoms with van der Waals surface area (Å²) < 4.78 is 2.15. The first-order valence-electron chi connectivity index (χ1n) is 10.5. The van der Waals surface area contributed by atoms with Crippen molar-refractivity contribution in [2.24, 2.45) is 0 Å². The van der Waals surface area contributed by atoms with E-state index in [2.05, 4.69) is 9.88 Å². The number of nitrogens with one attached hydrogen (secondary N) is 1. The monoisotopic (exact) mass is 509 g/mol. The highest BCUT2D eigenvalue weighted by Gasteiger charge is 2.24. The number of carbonyl (C=O) groups excluding carboxylic acids is 2. The van der Waals surface area contributed by atoms with Gasteiger partial charge >= 0.3 is 0 Å². The maximum atomic E-state index is 13.5. The van der Waals surface area contributed by atoms with Crippen molar-refractivity contribution in [3.63, 3.8) is 0 Å². The fourth-order valence-electron chi connectivity index (χ4n) is 4.04. The highest BCUT2D eigenvalue weighted by atomic mass is 35.5. The van der Waals surface area contributed by atoms with Crippen molar-refractivity contribution in [3.05, 3.63) is 116 Å². The van der Waals surface area contributed by atoms with E-state index >= 15 is 0 Å². The molecule has 1 aliphatic rings. The molecular weight excluding hydrogens is 493 g/mol. The van der Waals surface area contributed by atoms with Crippen LogP contribution in [0.4, 0.5) is 11.4 Å². The molecule has 2 amide bonds. The average molecular weight is 511 g/mol. The smallest absolute Gasteiger partial charge is 0.258 e. The molecule has 3 aromatic carbocycles. The number of benzene rings is 3. The molecular formula is C26H18Cl3N3O2. The van der Waals surface area contributed by atoms with Gasteiger partial charge in [0.2, 0.25) is 0 Å². The van der Waals surface area contributed by atoms with Gasteiger partial charge in [0.15, 0.2) is 0 Å². The topological polar surface area (TPSA) is 54.3 Å². The van der Waals surface area contributed by atoms with E-state index in [1.54, 1.807) is 29.2 Å². The van der Waals surface area contributed by atoms with E-state index in [4.69, 9.17) is 34.8 Å². The maximum Gasteiger partial charge on any atom is 0.258 e. The van der Waals surface area contributed by atoms with Gasteiger partial charge in [0.05, 0.1) is 22.2 Å². The minimum atomic E-state index is -0.448. The third-order valence-corrected chi connectivity index (χ3v) is 6.76. The van der Waals surface area contributed by atoms with Gasteiger partial charge in [0.25, 0.3) is 11.8 Å². The van der Waals surface area contributed by atoms with Crippen molar-refractivity contribution in [2.75, 3.05) is 10.2 Å². The summed E-state index contributed by atoms with van der Waals surface area (Å²) >= 11 is 18.2. The van der Waals surface area contributed by atoms with Crippen LogP contribution >= 0.6 is 34.8 Å². The third kappa shape index (κ3) is 4.30. The first kappa shape index (κ1) is 22.5. The highest BCUT2D eigenvalue weighted by Crippen LogP contribution is 2.31. The van der Waals surface area contributed by atoms with E-state index < -0.39 is 5.91 Å². The third-order valence-electron chi connectivity index (χ3n) is 5.74. The molecule has 5 rings (SSSR count). The minimum absolute atomic E-state index is 0.121. The van der Waals surface area contributed by atoms with Crippen molar-refractivity contribution < 1.29 is 9.59 Å². The van der Waals surface area contributed by atoms with E-state index in [0.717, 1.165) is 16.9 Å². The van der Waals surface area contributed by atoms with Crippen LogP contribution in [0.3, 0.4) is 0 Å². The van der Waals surface area contributed by atoms with Gasteiger partial charge in [0.1, 0.15) is 0 Å². The van der Waals surface area contributed by atoms with Crippen LogP contribution < -0.4 is 10.2 Å². The van der Waals surface area contributed by atoms with Gasteiger partial charge in [-0.3, -0.25) is 9.59 Å². The second kappa shape index (κ2) is 9.18. The lowest BCUT2D eigenvalue weighted by Crippen LogP contribution is -2.30. The van der Waals surface area contributed by atoms with Gasteiger partial charge in [-0.05, 0) is 60.2 Å². The summed E-state index contributed by atoms with van der Waals surface area (Å²) in [7, 11) is 0. The van der Waals surface area contributed by atoms with Gasteiger partial charge in [-0.2, -0.15) is 0 Å². The van der Waals surface area contributed by atoms with E-state index in [0.29, 0.717) is 29.4 Å². The molecule has 0 bridgehead atoms. The van der Waals surface area contributed by atoms with Gasteiger partial charge in [-0.25, -0.2) is 0 Å². The Morgan fingerprint density at radius 3 is 2.41 bits per heavy atom. The summed E-state index contributed by atoms with van der Waals surface area (Å²) in [6.45, 7) is 1.18. The van der Waals surface area contributed by atoms with Crippen LogP contribution in [0.5, 0.6) is 0 Å². The predicted octanol–water partition coefficient (Wildman–Crippen LogP) is 6.91. The summed E-state index contributed by atoms with van der Waals surface area (Å²) in [6.07, 6.45) is 2.02. The number of anilines is 2. The zero-order valence-electron chi connectivity index (χ0n) is 17.8. The lowest BCUT2D eigenvalue weighted by molar-refractivity contribution is 0.0983. The average Bonchev–Trinajstić information content (AvgIpc) is 3.20. The van der Waals surface area contributed by atoms with Crippen LogP contribution in [0.1, 0.15) is 32.0 Å². The maximum absolute atomic E-state index is 13.5. The second-order valence-electron chi connectivity index (χ2n) is 7.93. The zero-order chi connectivity index (χ0) is 23.8. The molecule has 1 N–H and O–H groups in total. The molecule has 0 saturated carbocycles. The summed E-state index contributed by atoms with van der Waals surface area (Å²) in [4.78, 5) is 28.0. The Hall–Kier alpha value is -3.25. The molecule has 170 valence electrons. The molecule has 0 saturated heterocycles. The molecule has 0 spiro atoms. The molecule has 0 radical (unpaired) electrons. The molecule has 1 aromatic heterocycles. The number of hydrogen-bond donors (Lipinski definition) is 1. The lowest BCUT2D eigenvalue weighted by atomic mass is 10.1. The predicted molar refractivity (Wildman–Crippen MR) is 136 cm³/mol. The fourth-order valence-corrected chi connectivity index (χ4v) is 4.73. The van der Waals surface area contributed by atoms with Crippen LogP contribution in [0.25, 0.3) is 0 Å². The number of fused-ring (bicyclic) bond motifs is 2.